The van der Waals surface area contributed by atoms with Crippen molar-refractivity contribution in [1.29, 1.82) is 5.26 Å². The molecule has 0 amide bonds. The molecule has 1 aromatic heterocycles. The van der Waals surface area contributed by atoms with Gasteiger partial charge in [-0.15, -0.1) is 0 Å². The zero-order valence-corrected chi connectivity index (χ0v) is 15.7. The molecule has 154 valence electrons. The van der Waals surface area contributed by atoms with Gasteiger partial charge in [0, 0.05) is 35.9 Å². The first-order valence-corrected chi connectivity index (χ1v) is 9.38. The Morgan fingerprint density at radius 1 is 1.17 bits per heavy atom. The van der Waals surface area contributed by atoms with Gasteiger partial charge in [-0.2, -0.15) is 18.4 Å². The number of halogens is 4. The first-order valence-electron chi connectivity index (χ1n) is 9.38. The average molecular weight is 415 g/mol. The lowest BCUT2D eigenvalue weighted by Crippen LogP contribution is -2.46. The molecular formula is C22H17F4N3O. The van der Waals surface area contributed by atoms with Crippen LogP contribution in [-0.2, 0) is 12.7 Å². The summed E-state index contributed by atoms with van der Waals surface area (Å²) in [5, 5.41) is 14.1. The highest BCUT2D eigenvalue weighted by Gasteiger charge is 2.36. The summed E-state index contributed by atoms with van der Waals surface area (Å²) in [6, 6.07) is 9.95. The predicted octanol–water partition coefficient (Wildman–Crippen LogP) is 4.96. The van der Waals surface area contributed by atoms with Gasteiger partial charge in [0.2, 0.25) is 0 Å². The third kappa shape index (κ3) is 3.94. The van der Waals surface area contributed by atoms with Crippen molar-refractivity contribution in [2.24, 2.45) is 0 Å². The van der Waals surface area contributed by atoms with Crippen LogP contribution in [-0.4, -0.2) is 17.1 Å². The number of nitrogens with one attached hydrogen (secondary N) is 1. The molecule has 1 fully saturated rings. The minimum absolute atomic E-state index is 0.0443. The largest absolute Gasteiger partial charge is 0.489 e. The zero-order chi connectivity index (χ0) is 21.3. The van der Waals surface area contributed by atoms with Crippen molar-refractivity contribution in [2.45, 2.75) is 37.7 Å². The first kappa shape index (κ1) is 20.1. The maximum Gasteiger partial charge on any atom is 0.417 e. The number of nitriles is 1. The van der Waals surface area contributed by atoms with Crippen molar-refractivity contribution in [3.05, 3.63) is 71.3 Å². The highest BCUT2D eigenvalue weighted by atomic mass is 19.4. The molecule has 0 atom stereocenters. The van der Waals surface area contributed by atoms with Gasteiger partial charge in [-0.3, -0.25) is 4.98 Å². The third-order valence-corrected chi connectivity index (χ3v) is 5.27. The van der Waals surface area contributed by atoms with Crippen LogP contribution in [0.25, 0.3) is 10.8 Å². The van der Waals surface area contributed by atoms with Crippen LogP contribution < -0.4 is 10.1 Å². The number of ether oxygens (including phenoxy) is 1. The molecule has 1 aliphatic rings. The number of hydrogen-bond donors (Lipinski definition) is 1. The van der Waals surface area contributed by atoms with E-state index in [0.29, 0.717) is 24.9 Å². The molecule has 8 heteroatoms. The number of benzene rings is 2. The minimum atomic E-state index is -4.62. The normalized spacial score (nSPS) is 18.6. The van der Waals surface area contributed by atoms with E-state index in [4.69, 9.17) is 10.00 Å². The summed E-state index contributed by atoms with van der Waals surface area (Å²) < 4.78 is 59.1. The Hall–Kier alpha value is -3.18. The zero-order valence-electron chi connectivity index (χ0n) is 15.7. The smallest absolute Gasteiger partial charge is 0.417 e. The van der Waals surface area contributed by atoms with Crippen LogP contribution in [0.1, 0.15) is 29.5 Å². The SMILES string of the molecule is N#Cc1c(OC2CC(NCc3c(F)ccc4cnccc34)C2)cccc1C(F)(F)F. The molecule has 30 heavy (non-hydrogen) atoms. The topological polar surface area (TPSA) is 57.9 Å². The summed E-state index contributed by atoms with van der Waals surface area (Å²) in [5.41, 5.74) is -0.964. The summed E-state index contributed by atoms with van der Waals surface area (Å²) in [6.07, 6.45) is -0.538. The average Bonchev–Trinajstić information content (AvgIpc) is 2.69. The van der Waals surface area contributed by atoms with Crippen LogP contribution in [0.3, 0.4) is 0 Å². The Bertz CT molecular complexity index is 1120. The van der Waals surface area contributed by atoms with Gasteiger partial charge in [0.15, 0.2) is 0 Å². The molecular weight excluding hydrogens is 398 g/mol. The molecule has 4 nitrogen and oxygen atoms in total. The minimum Gasteiger partial charge on any atom is -0.489 e. The van der Waals surface area contributed by atoms with Gasteiger partial charge >= 0.3 is 6.18 Å². The summed E-state index contributed by atoms with van der Waals surface area (Å²) in [5.74, 6) is -0.376. The molecule has 1 N–H and O–H groups in total. The highest BCUT2D eigenvalue weighted by Crippen LogP contribution is 2.37. The van der Waals surface area contributed by atoms with Gasteiger partial charge in [0.05, 0.1) is 5.56 Å². The van der Waals surface area contributed by atoms with E-state index in [-0.39, 0.29) is 23.7 Å². The first-order chi connectivity index (χ1) is 14.4. The number of rotatable bonds is 5. The molecule has 0 bridgehead atoms. The summed E-state index contributed by atoms with van der Waals surface area (Å²) in [4.78, 5) is 4.04. The van der Waals surface area contributed by atoms with Gasteiger partial charge < -0.3 is 10.1 Å². The number of hydrogen-bond acceptors (Lipinski definition) is 4. The van der Waals surface area contributed by atoms with E-state index in [2.05, 4.69) is 10.3 Å². The van der Waals surface area contributed by atoms with Crippen molar-refractivity contribution < 1.29 is 22.3 Å². The summed E-state index contributed by atoms with van der Waals surface area (Å²) in [7, 11) is 0. The van der Waals surface area contributed by atoms with Crippen LogP contribution in [0.5, 0.6) is 5.75 Å². The van der Waals surface area contributed by atoms with E-state index in [0.717, 1.165) is 16.8 Å². The lowest BCUT2D eigenvalue weighted by Gasteiger charge is -2.36. The quantitative estimate of drug-likeness (QED) is 0.598. The molecule has 0 spiro atoms. The molecule has 1 saturated carbocycles. The number of nitrogens with zero attached hydrogens (tertiary/aromatic N) is 2. The molecule has 0 aliphatic heterocycles. The van der Waals surface area contributed by atoms with Crippen LogP contribution in [0, 0.1) is 17.1 Å². The molecule has 1 heterocycles. The predicted molar refractivity (Wildman–Crippen MR) is 102 cm³/mol. The second-order valence-corrected chi connectivity index (χ2v) is 7.20. The van der Waals surface area contributed by atoms with E-state index in [1.165, 1.54) is 18.2 Å². The molecule has 1 aliphatic carbocycles. The lowest BCUT2D eigenvalue weighted by molar-refractivity contribution is -0.138. The molecule has 4 rings (SSSR count). The van der Waals surface area contributed by atoms with E-state index in [1.54, 1.807) is 30.6 Å². The molecule has 0 saturated heterocycles. The monoisotopic (exact) mass is 415 g/mol. The third-order valence-electron chi connectivity index (χ3n) is 5.27. The van der Waals surface area contributed by atoms with Crippen molar-refractivity contribution in [3.63, 3.8) is 0 Å². The summed E-state index contributed by atoms with van der Waals surface area (Å²) in [6.45, 7) is 0.317. The Balaban J connectivity index is 1.38. The van der Waals surface area contributed by atoms with Gasteiger partial charge in [0.25, 0.3) is 0 Å². The fourth-order valence-electron chi connectivity index (χ4n) is 3.62. The van der Waals surface area contributed by atoms with Gasteiger partial charge in [-0.1, -0.05) is 6.07 Å². The number of aromatic nitrogens is 1. The van der Waals surface area contributed by atoms with Crippen LogP contribution >= 0.6 is 0 Å². The Labute approximate surface area is 170 Å². The van der Waals surface area contributed by atoms with Gasteiger partial charge in [-0.05, 0) is 48.6 Å². The van der Waals surface area contributed by atoms with E-state index in [1.807, 2.05) is 0 Å². The standard InChI is InChI=1S/C22H17F4N3O/c23-20-5-4-13-11-28-7-6-16(13)18(20)12-29-14-8-15(9-14)30-21-3-1-2-19(17(21)10-27)22(24,25)26/h1-7,11,14-15,29H,8-9,12H2. The lowest BCUT2D eigenvalue weighted by atomic mass is 9.88. The maximum absolute atomic E-state index is 14.3. The molecule has 0 radical (unpaired) electrons. The van der Waals surface area contributed by atoms with E-state index in [9.17, 15) is 17.6 Å². The summed E-state index contributed by atoms with van der Waals surface area (Å²) >= 11 is 0. The Morgan fingerprint density at radius 2 is 1.97 bits per heavy atom. The van der Waals surface area contributed by atoms with E-state index < -0.39 is 17.3 Å². The van der Waals surface area contributed by atoms with Crippen LogP contribution in [0.15, 0.2) is 48.8 Å². The second-order valence-electron chi connectivity index (χ2n) is 7.20. The molecule has 3 aromatic rings. The van der Waals surface area contributed by atoms with Crippen molar-refractivity contribution in [1.82, 2.24) is 10.3 Å². The fraction of sp³-hybridized carbons (Fsp3) is 0.273. The van der Waals surface area contributed by atoms with Gasteiger partial charge in [-0.25, -0.2) is 4.39 Å². The van der Waals surface area contributed by atoms with Crippen molar-refractivity contribution >= 4 is 10.8 Å². The fourth-order valence-corrected chi connectivity index (χ4v) is 3.62. The van der Waals surface area contributed by atoms with E-state index >= 15 is 0 Å². The van der Waals surface area contributed by atoms with Gasteiger partial charge in [0.1, 0.15) is 29.3 Å². The van der Waals surface area contributed by atoms with Crippen LogP contribution in [0.2, 0.25) is 0 Å². The number of fused-ring (bicyclic) bond motifs is 1. The Kier molecular flexibility index (Phi) is 5.31. The number of pyridine rings is 1. The number of alkyl halides is 3. The highest BCUT2D eigenvalue weighted by molar-refractivity contribution is 5.84. The van der Waals surface area contributed by atoms with Crippen molar-refractivity contribution in [3.8, 4) is 11.8 Å². The molecule has 0 unspecified atom stereocenters. The van der Waals surface area contributed by atoms with Crippen LogP contribution in [0.4, 0.5) is 17.6 Å². The second kappa shape index (κ2) is 7.92. The molecule has 2 aromatic carbocycles. The Morgan fingerprint density at radius 3 is 2.70 bits per heavy atom. The van der Waals surface area contributed by atoms with Crippen molar-refractivity contribution in [2.75, 3.05) is 0 Å². The maximum atomic E-state index is 14.3.